The van der Waals surface area contributed by atoms with Gasteiger partial charge in [-0.15, -0.1) is 0 Å². The minimum absolute atomic E-state index is 0.0399. The highest BCUT2D eigenvalue weighted by molar-refractivity contribution is 7.89. The van der Waals surface area contributed by atoms with Crippen LogP contribution in [-0.4, -0.2) is 44.0 Å². The Kier molecular flexibility index (Phi) is 5.05. The molecule has 1 aromatic rings. The van der Waals surface area contributed by atoms with Crippen molar-refractivity contribution in [2.24, 2.45) is 5.84 Å². The molecule has 0 aliphatic carbocycles. The highest BCUT2D eigenvalue weighted by Gasteiger charge is 2.27. The highest BCUT2D eigenvalue weighted by atomic mass is 35.5. The number of hydrogen-bond donors (Lipinski definition) is 3. The van der Waals surface area contributed by atoms with E-state index in [9.17, 15) is 8.42 Å². The van der Waals surface area contributed by atoms with Crippen molar-refractivity contribution >= 4 is 27.4 Å². The Morgan fingerprint density at radius 2 is 2.24 bits per heavy atom. The molecule has 0 saturated carbocycles. The summed E-state index contributed by atoms with van der Waals surface area (Å²) >= 11 is 5.92. The van der Waals surface area contributed by atoms with Crippen LogP contribution in [0.4, 0.5) is 5.82 Å². The average molecular weight is 334 g/mol. The molecular formula is C12H20ClN5O2S. The number of hydrogen-bond acceptors (Lipinski definition) is 6. The maximum atomic E-state index is 12.4. The number of piperidine rings is 1. The van der Waals surface area contributed by atoms with Gasteiger partial charge in [-0.1, -0.05) is 11.6 Å². The van der Waals surface area contributed by atoms with E-state index in [2.05, 4.69) is 27.0 Å². The van der Waals surface area contributed by atoms with Crippen LogP contribution in [0.2, 0.25) is 5.02 Å². The SMILES string of the molecule is CC1CC(NS(=O)(=O)c2cnc(NN)c(Cl)c2)CCN1C. The quantitative estimate of drug-likeness (QED) is 0.556. The van der Waals surface area contributed by atoms with Crippen molar-refractivity contribution in [3.8, 4) is 0 Å². The molecule has 7 nitrogen and oxygen atoms in total. The van der Waals surface area contributed by atoms with Gasteiger partial charge in [0.15, 0.2) is 5.82 Å². The van der Waals surface area contributed by atoms with Crippen LogP contribution in [0, 0.1) is 0 Å². The van der Waals surface area contributed by atoms with E-state index in [1.807, 2.05) is 7.05 Å². The van der Waals surface area contributed by atoms with Crippen LogP contribution in [0.1, 0.15) is 19.8 Å². The van der Waals surface area contributed by atoms with Crippen LogP contribution in [0.15, 0.2) is 17.2 Å². The zero-order valence-corrected chi connectivity index (χ0v) is 13.6. The minimum Gasteiger partial charge on any atom is -0.307 e. The summed E-state index contributed by atoms with van der Waals surface area (Å²) < 4.78 is 27.5. The number of sulfonamides is 1. The van der Waals surface area contributed by atoms with Gasteiger partial charge in [0, 0.05) is 18.3 Å². The summed E-state index contributed by atoms with van der Waals surface area (Å²) in [5.74, 6) is 5.46. The summed E-state index contributed by atoms with van der Waals surface area (Å²) in [6, 6.07) is 1.61. The lowest BCUT2D eigenvalue weighted by Gasteiger charge is -2.35. The number of aromatic nitrogens is 1. The molecule has 21 heavy (non-hydrogen) atoms. The maximum Gasteiger partial charge on any atom is 0.242 e. The molecule has 2 heterocycles. The molecule has 0 amide bonds. The van der Waals surface area contributed by atoms with Crippen molar-refractivity contribution in [2.45, 2.75) is 36.7 Å². The third-order valence-electron chi connectivity index (χ3n) is 3.79. The molecule has 4 N–H and O–H groups in total. The Balaban J connectivity index is 2.13. The van der Waals surface area contributed by atoms with Crippen molar-refractivity contribution in [1.29, 1.82) is 0 Å². The third kappa shape index (κ3) is 3.83. The fourth-order valence-corrected chi connectivity index (χ4v) is 3.90. The minimum atomic E-state index is -3.63. The van der Waals surface area contributed by atoms with Crippen LogP contribution in [0.5, 0.6) is 0 Å². The van der Waals surface area contributed by atoms with Gasteiger partial charge < -0.3 is 10.3 Å². The molecule has 1 aliphatic rings. The second-order valence-electron chi connectivity index (χ2n) is 5.32. The number of nitrogens with zero attached hydrogens (tertiary/aromatic N) is 2. The van der Waals surface area contributed by atoms with Crippen molar-refractivity contribution < 1.29 is 8.42 Å². The van der Waals surface area contributed by atoms with Gasteiger partial charge in [0.2, 0.25) is 10.0 Å². The number of nitrogen functional groups attached to an aromatic ring is 1. The van der Waals surface area contributed by atoms with Gasteiger partial charge in [-0.25, -0.2) is 24.0 Å². The molecule has 9 heteroatoms. The highest BCUT2D eigenvalue weighted by Crippen LogP contribution is 2.23. The predicted molar refractivity (Wildman–Crippen MR) is 82.5 cm³/mol. The Labute approximate surface area is 129 Å². The molecule has 118 valence electrons. The number of hydrazine groups is 1. The predicted octanol–water partition coefficient (Wildman–Crippen LogP) is 0.782. The van der Waals surface area contributed by atoms with Crippen LogP contribution < -0.4 is 16.0 Å². The van der Waals surface area contributed by atoms with E-state index in [1.54, 1.807) is 0 Å². The molecule has 1 aromatic heterocycles. The van der Waals surface area contributed by atoms with Crippen LogP contribution in [0.25, 0.3) is 0 Å². The number of likely N-dealkylation sites (tertiary alicyclic amines) is 1. The summed E-state index contributed by atoms with van der Waals surface area (Å²) in [5, 5.41) is 0.164. The van der Waals surface area contributed by atoms with Gasteiger partial charge >= 0.3 is 0 Å². The van der Waals surface area contributed by atoms with Gasteiger partial charge in [-0.05, 0) is 39.4 Å². The Morgan fingerprint density at radius 3 is 2.81 bits per heavy atom. The first-order valence-corrected chi connectivity index (χ1v) is 8.54. The topological polar surface area (TPSA) is 100 Å². The first-order chi connectivity index (χ1) is 9.83. The van der Waals surface area contributed by atoms with Gasteiger partial charge in [-0.2, -0.15) is 0 Å². The molecule has 0 spiro atoms. The molecule has 2 atom stereocenters. The van der Waals surface area contributed by atoms with Crippen molar-refractivity contribution in [2.75, 3.05) is 19.0 Å². The fourth-order valence-electron chi connectivity index (χ4n) is 2.36. The summed E-state index contributed by atoms with van der Waals surface area (Å²) in [6.07, 6.45) is 2.80. The summed E-state index contributed by atoms with van der Waals surface area (Å²) in [4.78, 5) is 6.14. The van der Waals surface area contributed by atoms with Gasteiger partial charge in [0.1, 0.15) is 4.90 Å². The second-order valence-corrected chi connectivity index (χ2v) is 7.44. The lowest BCUT2D eigenvalue weighted by atomic mass is 10.0. The van der Waals surface area contributed by atoms with Gasteiger partial charge in [-0.3, -0.25) is 0 Å². The van der Waals surface area contributed by atoms with Crippen molar-refractivity contribution in [3.05, 3.63) is 17.3 Å². The Morgan fingerprint density at radius 1 is 1.52 bits per heavy atom. The second kappa shape index (κ2) is 6.45. The zero-order valence-electron chi connectivity index (χ0n) is 12.0. The number of nitrogens with two attached hydrogens (primary N) is 1. The van der Waals surface area contributed by atoms with E-state index >= 15 is 0 Å². The van der Waals surface area contributed by atoms with Gasteiger partial charge in [0.05, 0.1) is 5.02 Å². The lowest BCUT2D eigenvalue weighted by molar-refractivity contribution is 0.178. The fraction of sp³-hybridized carbons (Fsp3) is 0.583. The number of pyridine rings is 1. The molecule has 0 radical (unpaired) electrons. The molecule has 1 aliphatic heterocycles. The number of halogens is 1. The monoisotopic (exact) mass is 333 g/mol. The number of anilines is 1. The van der Waals surface area contributed by atoms with E-state index in [0.717, 1.165) is 19.4 Å². The normalized spacial score (nSPS) is 24.0. The largest absolute Gasteiger partial charge is 0.307 e. The molecule has 1 saturated heterocycles. The van der Waals surface area contributed by atoms with Crippen LogP contribution >= 0.6 is 11.6 Å². The molecule has 0 aromatic carbocycles. The molecule has 1 fully saturated rings. The smallest absolute Gasteiger partial charge is 0.242 e. The zero-order chi connectivity index (χ0) is 15.6. The first-order valence-electron chi connectivity index (χ1n) is 6.68. The maximum absolute atomic E-state index is 12.4. The summed E-state index contributed by atoms with van der Waals surface area (Å²) in [5.41, 5.74) is 2.30. The molecule has 2 rings (SSSR count). The van der Waals surface area contributed by atoms with E-state index in [4.69, 9.17) is 17.4 Å². The van der Waals surface area contributed by atoms with Crippen molar-refractivity contribution in [3.63, 3.8) is 0 Å². The Hall–Kier alpha value is -0.930. The summed E-state index contributed by atoms with van der Waals surface area (Å²) in [6.45, 7) is 2.95. The first kappa shape index (κ1) is 16.4. The molecule has 0 bridgehead atoms. The number of rotatable bonds is 4. The van der Waals surface area contributed by atoms with E-state index in [-0.39, 0.29) is 21.8 Å². The van der Waals surface area contributed by atoms with E-state index in [0.29, 0.717) is 6.04 Å². The summed E-state index contributed by atoms with van der Waals surface area (Å²) in [7, 11) is -1.59. The Bertz CT molecular complexity index is 610. The third-order valence-corrected chi connectivity index (χ3v) is 5.57. The van der Waals surface area contributed by atoms with E-state index in [1.165, 1.54) is 12.3 Å². The lowest BCUT2D eigenvalue weighted by Crippen LogP contribution is -2.47. The molecular weight excluding hydrogens is 314 g/mol. The number of nitrogens with one attached hydrogen (secondary N) is 2. The van der Waals surface area contributed by atoms with Crippen molar-refractivity contribution in [1.82, 2.24) is 14.6 Å². The standard InChI is InChI=1S/C12H20ClN5O2S/c1-8-5-9(3-4-18(8)2)17-21(19,20)10-6-11(13)12(16-14)15-7-10/h6-9,17H,3-5,14H2,1-2H3,(H,15,16). The van der Waals surface area contributed by atoms with Crippen LogP contribution in [0.3, 0.4) is 0 Å². The van der Waals surface area contributed by atoms with Gasteiger partial charge in [0.25, 0.3) is 0 Å². The van der Waals surface area contributed by atoms with E-state index < -0.39 is 10.0 Å². The average Bonchev–Trinajstić information content (AvgIpc) is 2.42. The van der Waals surface area contributed by atoms with Crippen LogP contribution in [-0.2, 0) is 10.0 Å². The molecule has 2 unspecified atom stereocenters.